The van der Waals surface area contributed by atoms with E-state index in [1.54, 1.807) is 23.1 Å². The molecule has 0 saturated carbocycles. The molecule has 0 aliphatic carbocycles. The fourth-order valence-electron chi connectivity index (χ4n) is 2.02. The Labute approximate surface area is 101 Å². The second-order valence-electron chi connectivity index (χ2n) is 4.81. The maximum Gasteiger partial charge on any atom is 0.254 e. The monoisotopic (exact) mass is 234 g/mol. The lowest BCUT2D eigenvalue weighted by atomic mass is 9.90. The molecule has 1 aliphatic heterocycles. The second-order valence-corrected chi connectivity index (χ2v) is 4.81. The van der Waals surface area contributed by atoms with Gasteiger partial charge in [0.15, 0.2) is 0 Å². The lowest BCUT2D eigenvalue weighted by Crippen LogP contribution is -2.63. The molecule has 0 atom stereocenters. The van der Waals surface area contributed by atoms with Crippen molar-refractivity contribution in [3.8, 4) is 0 Å². The standard InChI is InChI=1S/C13H18N2O2/c1-3-13(17)7-15(8-13)12(16)10-4-5-11(14)9(2)6-10/h4-6,17H,3,7-8,14H2,1-2H3. The lowest BCUT2D eigenvalue weighted by molar-refractivity contribution is -0.0826. The van der Waals surface area contributed by atoms with E-state index < -0.39 is 5.60 Å². The number of hydrogen-bond acceptors (Lipinski definition) is 3. The highest BCUT2D eigenvalue weighted by Crippen LogP contribution is 2.26. The Bertz CT molecular complexity index is 451. The van der Waals surface area contributed by atoms with E-state index in [-0.39, 0.29) is 5.91 Å². The van der Waals surface area contributed by atoms with E-state index in [1.807, 2.05) is 13.8 Å². The molecule has 1 amide bonds. The Morgan fingerprint density at radius 3 is 2.71 bits per heavy atom. The zero-order valence-corrected chi connectivity index (χ0v) is 10.2. The molecule has 1 aliphatic rings. The van der Waals surface area contributed by atoms with Crippen LogP contribution in [0.25, 0.3) is 0 Å². The molecule has 0 bridgehead atoms. The third-order valence-corrected chi connectivity index (χ3v) is 3.43. The number of nitrogens with zero attached hydrogens (tertiary/aromatic N) is 1. The molecular weight excluding hydrogens is 216 g/mol. The number of β-amino-alcohol motifs (C(OH)–C–C–N with tert-alkyl or cyclic N) is 1. The minimum atomic E-state index is -0.682. The predicted molar refractivity (Wildman–Crippen MR) is 66.7 cm³/mol. The molecule has 0 aromatic heterocycles. The number of rotatable bonds is 2. The summed E-state index contributed by atoms with van der Waals surface area (Å²) >= 11 is 0. The van der Waals surface area contributed by atoms with Crippen molar-refractivity contribution in [2.24, 2.45) is 0 Å². The number of carbonyl (C=O) groups is 1. The van der Waals surface area contributed by atoms with Crippen molar-refractivity contribution in [1.29, 1.82) is 0 Å². The van der Waals surface area contributed by atoms with Gasteiger partial charge in [-0.05, 0) is 37.1 Å². The van der Waals surface area contributed by atoms with E-state index >= 15 is 0 Å². The zero-order chi connectivity index (χ0) is 12.6. The van der Waals surface area contributed by atoms with Gasteiger partial charge < -0.3 is 15.7 Å². The first-order valence-electron chi connectivity index (χ1n) is 5.83. The van der Waals surface area contributed by atoms with Crippen LogP contribution in [0.4, 0.5) is 5.69 Å². The normalized spacial score (nSPS) is 17.7. The fraction of sp³-hybridized carbons (Fsp3) is 0.462. The van der Waals surface area contributed by atoms with Crippen LogP contribution in [0.1, 0.15) is 29.3 Å². The number of benzene rings is 1. The maximum absolute atomic E-state index is 12.1. The summed E-state index contributed by atoms with van der Waals surface area (Å²) in [6, 6.07) is 5.27. The van der Waals surface area contributed by atoms with Gasteiger partial charge in [0.05, 0.1) is 18.7 Å². The fourth-order valence-corrected chi connectivity index (χ4v) is 2.02. The summed E-state index contributed by atoms with van der Waals surface area (Å²) in [5.41, 5.74) is 7.26. The summed E-state index contributed by atoms with van der Waals surface area (Å²) in [7, 11) is 0. The molecule has 17 heavy (non-hydrogen) atoms. The molecule has 1 aromatic rings. The number of anilines is 1. The van der Waals surface area contributed by atoms with Crippen LogP contribution in [-0.4, -0.2) is 34.6 Å². The van der Waals surface area contributed by atoms with Crippen LogP contribution in [0, 0.1) is 6.92 Å². The van der Waals surface area contributed by atoms with Gasteiger partial charge in [0.25, 0.3) is 5.91 Å². The third-order valence-electron chi connectivity index (χ3n) is 3.43. The number of nitrogens with two attached hydrogens (primary N) is 1. The summed E-state index contributed by atoms with van der Waals surface area (Å²) in [5, 5.41) is 9.87. The average Bonchev–Trinajstić information content (AvgIpc) is 2.27. The molecule has 0 unspecified atom stereocenters. The molecule has 2 rings (SSSR count). The van der Waals surface area contributed by atoms with Crippen molar-refractivity contribution >= 4 is 11.6 Å². The van der Waals surface area contributed by atoms with E-state index in [0.717, 1.165) is 5.56 Å². The van der Waals surface area contributed by atoms with Gasteiger partial charge >= 0.3 is 0 Å². The van der Waals surface area contributed by atoms with Gasteiger partial charge in [-0.3, -0.25) is 4.79 Å². The van der Waals surface area contributed by atoms with Crippen LogP contribution >= 0.6 is 0 Å². The number of aryl methyl sites for hydroxylation is 1. The Morgan fingerprint density at radius 2 is 2.18 bits per heavy atom. The maximum atomic E-state index is 12.1. The smallest absolute Gasteiger partial charge is 0.254 e. The minimum absolute atomic E-state index is 0.0359. The van der Waals surface area contributed by atoms with Gasteiger partial charge in [-0.2, -0.15) is 0 Å². The zero-order valence-electron chi connectivity index (χ0n) is 10.2. The summed E-state index contributed by atoms with van der Waals surface area (Å²) in [6.45, 7) is 4.65. The number of carbonyl (C=O) groups excluding carboxylic acids is 1. The Kier molecular flexibility index (Phi) is 2.83. The summed E-state index contributed by atoms with van der Waals surface area (Å²) in [6.07, 6.45) is 0.678. The quantitative estimate of drug-likeness (QED) is 0.755. The van der Waals surface area contributed by atoms with E-state index in [2.05, 4.69) is 0 Å². The SMILES string of the molecule is CCC1(O)CN(C(=O)c2ccc(N)c(C)c2)C1. The number of aliphatic hydroxyl groups is 1. The number of likely N-dealkylation sites (tertiary alicyclic amines) is 1. The molecule has 4 heteroatoms. The third kappa shape index (κ3) is 2.13. The van der Waals surface area contributed by atoms with Crippen molar-refractivity contribution in [2.45, 2.75) is 25.9 Å². The molecule has 0 spiro atoms. The molecular formula is C13H18N2O2. The lowest BCUT2D eigenvalue weighted by Gasteiger charge is -2.46. The van der Waals surface area contributed by atoms with Crippen molar-refractivity contribution in [3.63, 3.8) is 0 Å². The van der Waals surface area contributed by atoms with E-state index in [9.17, 15) is 9.90 Å². The van der Waals surface area contributed by atoms with Crippen molar-refractivity contribution in [1.82, 2.24) is 4.90 Å². The van der Waals surface area contributed by atoms with E-state index in [4.69, 9.17) is 5.73 Å². The number of hydrogen-bond donors (Lipinski definition) is 2. The van der Waals surface area contributed by atoms with Crippen molar-refractivity contribution < 1.29 is 9.90 Å². The predicted octanol–water partition coefficient (Wildman–Crippen LogP) is 1.17. The highest BCUT2D eigenvalue weighted by Gasteiger charge is 2.42. The molecule has 1 aromatic carbocycles. The van der Waals surface area contributed by atoms with Gasteiger partial charge in [-0.25, -0.2) is 0 Å². The minimum Gasteiger partial charge on any atom is -0.399 e. The number of amides is 1. The van der Waals surface area contributed by atoms with Crippen LogP contribution in [0.3, 0.4) is 0 Å². The second kappa shape index (κ2) is 4.04. The molecule has 1 saturated heterocycles. The first kappa shape index (κ1) is 11.9. The van der Waals surface area contributed by atoms with Crippen LogP contribution in [0.15, 0.2) is 18.2 Å². The van der Waals surface area contributed by atoms with E-state index in [1.165, 1.54) is 0 Å². The number of nitrogen functional groups attached to an aromatic ring is 1. The highest BCUT2D eigenvalue weighted by molar-refractivity contribution is 5.95. The molecule has 1 fully saturated rings. The summed E-state index contributed by atoms with van der Waals surface area (Å²) in [4.78, 5) is 13.7. The van der Waals surface area contributed by atoms with Crippen LogP contribution in [-0.2, 0) is 0 Å². The first-order valence-corrected chi connectivity index (χ1v) is 5.83. The van der Waals surface area contributed by atoms with Crippen molar-refractivity contribution in [3.05, 3.63) is 29.3 Å². The largest absolute Gasteiger partial charge is 0.399 e. The molecule has 4 nitrogen and oxygen atoms in total. The average molecular weight is 234 g/mol. The van der Waals surface area contributed by atoms with Crippen LogP contribution < -0.4 is 5.73 Å². The molecule has 92 valence electrons. The van der Waals surface area contributed by atoms with Gasteiger partial charge in [0.1, 0.15) is 0 Å². The van der Waals surface area contributed by atoms with Crippen molar-refractivity contribution in [2.75, 3.05) is 18.8 Å². The molecule has 0 radical (unpaired) electrons. The first-order chi connectivity index (χ1) is 7.95. The van der Waals surface area contributed by atoms with Gasteiger partial charge in [0.2, 0.25) is 0 Å². The Balaban J connectivity index is 2.09. The van der Waals surface area contributed by atoms with Crippen LogP contribution in [0.2, 0.25) is 0 Å². The summed E-state index contributed by atoms with van der Waals surface area (Å²) in [5.74, 6) is -0.0359. The van der Waals surface area contributed by atoms with E-state index in [0.29, 0.717) is 30.8 Å². The summed E-state index contributed by atoms with van der Waals surface area (Å²) < 4.78 is 0. The topological polar surface area (TPSA) is 66.6 Å². The van der Waals surface area contributed by atoms with Gasteiger partial charge in [0, 0.05) is 11.3 Å². The van der Waals surface area contributed by atoms with Crippen LogP contribution in [0.5, 0.6) is 0 Å². The van der Waals surface area contributed by atoms with Gasteiger partial charge in [-0.15, -0.1) is 0 Å². The Hall–Kier alpha value is -1.55. The van der Waals surface area contributed by atoms with Gasteiger partial charge in [-0.1, -0.05) is 6.92 Å². The highest BCUT2D eigenvalue weighted by atomic mass is 16.3. The Morgan fingerprint density at radius 1 is 1.53 bits per heavy atom. The molecule has 3 N–H and O–H groups in total. The molecule has 1 heterocycles.